The van der Waals surface area contributed by atoms with Gasteiger partial charge >= 0.3 is 0 Å². The number of halogens is 1. The van der Waals surface area contributed by atoms with Gasteiger partial charge in [-0.2, -0.15) is 0 Å². The van der Waals surface area contributed by atoms with E-state index in [9.17, 15) is 4.79 Å². The number of hydrogen-bond acceptors (Lipinski definition) is 3. The predicted octanol–water partition coefficient (Wildman–Crippen LogP) is 5.37. The lowest BCUT2D eigenvalue weighted by Crippen LogP contribution is -2.24. The number of amides is 1. The number of nitrogens with one attached hydrogen (secondary N) is 1. The Balaban J connectivity index is 1.94. The van der Waals surface area contributed by atoms with Gasteiger partial charge in [0.25, 0.3) is 0 Å². The minimum absolute atomic E-state index is 0.0207. The highest BCUT2D eigenvalue weighted by Crippen LogP contribution is 2.46. The van der Waals surface area contributed by atoms with E-state index in [2.05, 4.69) is 17.4 Å². The van der Waals surface area contributed by atoms with Crippen molar-refractivity contribution in [2.24, 2.45) is 0 Å². The van der Waals surface area contributed by atoms with Gasteiger partial charge in [0, 0.05) is 29.1 Å². The maximum Gasteiger partial charge on any atom is 0.225 e. The second-order valence-corrected chi connectivity index (χ2v) is 6.92. The number of anilines is 1. The molecule has 0 radical (unpaired) electrons. The fourth-order valence-electron chi connectivity index (χ4n) is 3.78. The minimum Gasteiger partial charge on any atom is -0.493 e. The molecule has 4 nitrogen and oxygen atoms in total. The van der Waals surface area contributed by atoms with Crippen LogP contribution in [0.5, 0.6) is 11.5 Å². The first-order valence-electron chi connectivity index (χ1n) is 8.94. The van der Waals surface area contributed by atoms with Crippen LogP contribution in [0.1, 0.15) is 30.4 Å². The first-order chi connectivity index (χ1) is 13.1. The summed E-state index contributed by atoms with van der Waals surface area (Å²) >= 11 is 6.61. The average molecular weight is 382 g/mol. The van der Waals surface area contributed by atoms with Crippen molar-refractivity contribution in [1.29, 1.82) is 0 Å². The number of rotatable bonds is 4. The molecule has 1 heterocycles. The van der Waals surface area contributed by atoms with Crippen LogP contribution in [0, 0.1) is 0 Å². The van der Waals surface area contributed by atoms with Crippen molar-refractivity contribution in [3.8, 4) is 11.5 Å². The van der Waals surface area contributed by atoms with Crippen molar-refractivity contribution >= 4 is 34.0 Å². The first kappa shape index (κ1) is 17.7. The molecular weight excluding hydrogens is 362 g/mol. The number of carbonyl (C=O) groups is 1. The van der Waals surface area contributed by atoms with E-state index in [0.717, 1.165) is 27.6 Å². The Bertz CT molecular complexity index is 1030. The van der Waals surface area contributed by atoms with E-state index in [-0.39, 0.29) is 11.8 Å². The van der Waals surface area contributed by atoms with Crippen LogP contribution in [0.2, 0.25) is 5.02 Å². The highest BCUT2D eigenvalue weighted by Gasteiger charge is 2.30. The SMILES string of the molecule is CCOc1cc(C2CC(=O)Nc3ccc4ccccc4c32)c(Cl)cc1OC. The van der Waals surface area contributed by atoms with Crippen LogP contribution in [0.4, 0.5) is 5.69 Å². The van der Waals surface area contributed by atoms with Gasteiger partial charge in [0.1, 0.15) is 0 Å². The molecule has 3 aromatic carbocycles. The number of carbonyl (C=O) groups excluding carboxylic acids is 1. The molecular formula is C22H20ClNO3. The van der Waals surface area contributed by atoms with Crippen LogP contribution < -0.4 is 14.8 Å². The van der Waals surface area contributed by atoms with E-state index in [1.54, 1.807) is 13.2 Å². The normalized spacial score (nSPS) is 16.0. The van der Waals surface area contributed by atoms with Gasteiger partial charge in [0.2, 0.25) is 5.91 Å². The van der Waals surface area contributed by atoms with E-state index >= 15 is 0 Å². The smallest absolute Gasteiger partial charge is 0.225 e. The predicted molar refractivity (Wildman–Crippen MR) is 108 cm³/mol. The molecule has 0 bridgehead atoms. The Morgan fingerprint density at radius 3 is 2.74 bits per heavy atom. The van der Waals surface area contributed by atoms with Crippen molar-refractivity contribution in [3.63, 3.8) is 0 Å². The van der Waals surface area contributed by atoms with Gasteiger partial charge in [-0.05, 0) is 41.0 Å². The quantitative estimate of drug-likeness (QED) is 0.660. The molecule has 1 unspecified atom stereocenters. The minimum atomic E-state index is -0.155. The van der Waals surface area contributed by atoms with Crippen molar-refractivity contribution in [2.75, 3.05) is 19.0 Å². The largest absolute Gasteiger partial charge is 0.493 e. The summed E-state index contributed by atoms with van der Waals surface area (Å²) < 4.78 is 11.1. The Labute approximate surface area is 163 Å². The van der Waals surface area contributed by atoms with Crippen LogP contribution in [0.15, 0.2) is 48.5 Å². The molecule has 0 fully saturated rings. The van der Waals surface area contributed by atoms with Crippen molar-refractivity contribution < 1.29 is 14.3 Å². The molecule has 0 saturated carbocycles. The number of fused-ring (bicyclic) bond motifs is 3. The van der Waals surface area contributed by atoms with Gasteiger partial charge in [-0.3, -0.25) is 4.79 Å². The van der Waals surface area contributed by atoms with Crippen molar-refractivity contribution in [2.45, 2.75) is 19.3 Å². The third-order valence-corrected chi connectivity index (χ3v) is 5.27. The number of benzene rings is 3. The fourth-order valence-corrected chi connectivity index (χ4v) is 4.07. The van der Waals surface area contributed by atoms with Gasteiger partial charge in [0.15, 0.2) is 11.5 Å². The molecule has 1 aliphatic rings. The van der Waals surface area contributed by atoms with E-state index in [0.29, 0.717) is 29.5 Å². The summed E-state index contributed by atoms with van der Waals surface area (Å²) in [6.07, 6.45) is 0.332. The van der Waals surface area contributed by atoms with Crippen LogP contribution in [-0.4, -0.2) is 19.6 Å². The number of methoxy groups -OCH3 is 1. The van der Waals surface area contributed by atoms with Crippen LogP contribution in [-0.2, 0) is 4.79 Å². The number of hydrogen-bond donors (Lipinski definition) is 1. The summed E-state index contributed by atoms with van der Waals surface area (Å²) in [6, 6.07) is 15.8. The Hall–Kier alpha value is -2.72. The molecule has 0 aliphatic carbocycles. The Kier molecular flexibility index (Phi) is 4.66. The standard InChI is InChI=1S/C22H20ClNO3/c1-3-27-20-10-15(17(23)12-19(20)26-2)16-11-21(25)24-18-9-8-13-6-4-5-7-14(13)22(16)18/h4-10,12,16H,3,11H2,1-2H3,(H,24,25). The summed E-state index contributed by atoms with van der Waals surface area (Å²) in [5.41, 5.74) is 2.79. The first-order valence-corrected chi connectivity index (χ1v) is 9.32. The van der Waals surface area contributed by atoms with E-state index in [1.165, 1.54) is 0 Å². The summed E-state index contributed by atoms with van der Waals surface area (Å²) in [5, 5.41) is 5.81. The van der Waals surface area contributed by atoms with Gasteiger partial charge in [-0.15, -0.1) is 0 Å². The van der Waals surface area contributed by atoms with Gasteiger partial charge in [-0.1, -0.05) is 41.9 Å². The summed E-state index contributed by atoms with van der Waals surface area (Å²) in [6.45, 7) is 2.44. The lowest BCUT2D eigenvalue weighted by Gasteiger charge is -2.28. The Morgan fingerprint density at radius 1 is 1.15 bits per heavy atom. The second-order valence-electron chi connectivity index (χ2n) is 6.51. The Morgan fingerprint density at radius 2 is 1.96 bits per heavy atom. The van der Waals surface area contributed by atoms with Gasteiger partial charge < -0.3 is 14.8 Å². The highest BCUT2D eigenvalue weighted by molar-refractivity contribution is 6.31. The molecule has 5 heteroatoms. The molecule has 1 N–H and O–H groups in total. The lowest BCUT2D eigenvalue weighted by atomic mass is 9.82. The zero-order valence-electron chi connectivity index (χ0n) is 15.2. The topological polar surface area (TPSA) is 47.6 Å². The molecule has 27 heavy (non-hydrogen) atoms. The van der Waals surface area contributed by atoms with Crippen molar-refractivity contribution in [3.05, 3.63) is 64.7 Å². The van der Waals surface area contributed by atoms with E-state index in [1.807, 2.05) is 37.3 Å². The molecule has 1 atom stereocenters. The van der Waals surface area contributed by atoms with Crippen LogP contribution in [0.3, 0.4) is 0 Å². The summed E-state index contributed by atoms with van der Waals surface area (Å²) in [7, 11) is 1.59. The van der Waals surface area contributed by atoms with Crippen LogP contribution >= 0.6 is 11.6 Å². The molecule has 3 aromatic rings. The molecule has 0 aromatic heterocycles. The van der Waals surface area contributed by atoms with E-state index in [4.69, 9.17) is 21.1 Å². The second kappa shape index (κ2) is 7.12. The van der Waals surface area contributed by atoms with Gasteiger partial charge in [-0.25, -0.2) is 0 Å². The zero-order chi connectivity index (χ0) is 19.0. The highest BCUT2D eigenvalue weighted by atomic mass is 35.5. The fraction of sp³-hybridized carbons (Fsp3) is 0.227. The van der Waals surface area contributed by atoms with Gasteiger partial charge in [0.05, 0.1) is 13.7 Å². The molecule has 138 valence electrons. The monoisotopic (exact) mass is 381 g/mol. The van der Waals surface area contributed by atoms with Crippen LogP contribution in [0.25, 0.3) is 10.8 Å². The number of ether oxygens (including phenoxy) is 2. The summed E-state index contributed by atoms with van der Waals surface area (Å²) in [4.78, 5) is 12.4. The maximum absolute atomic E-state index is 12.4. The lowest BCUT2D eigenvalue weighted by molar-refractivity contribution is -0.116. The molecule has 1 aliphatic heterocycles. The molecule has 1 amide bonds. The molecule has 4 rings (SSSR count). The third-order valence-electron chi connectivity index (χ3n) is 4.94. The van der Waals surface area contributed by atoms with E-state index < -0.39 is 0 Å². The average Bonchev–Trinajstić information content (AvgIpc) is 2.68. The summed E-state index contributed by atoms with van der Waals surface area (Å²) in [5.74, 6) is 1.04. The van der Waals surface area contributed by atoms with Crippen molar-refractivity contribution in [1.82, 2.24) is 0 Å². The molecule has 0 spiro atoms. The third kappa shape index (κ3) is 3.10. The maximum atomic E-state index is 12.4. The molecule has 0 saturated heterocycles. The zero-order valence-corrected chi connectivity index (χ0v) is 16.0.